The number of ketones is 1. The maximum Gasteiger partial charge on any atom is 0.248 e. The van der Waals surface area contributed by atoms with Gasteiger partial charge >= 0.3 is 0 Å². The lowest BCUT2D eigenvalue weighted by Gasteiger charge is -2.32. The molecule has 1 amide bonds. The first kappa shape index (κ1) is 19.5. The highest BCUT2D eigenvalue weighted by molar-refractivity contribution is 5.84. The molecule has 2 aromatic rings. The average molecular weight is 409 g/mol. The van der Waals surface area contributed by atoms with Crippen molar-refractivity contribution in [3.63, 3.8) is 0 Å². The first-order valence-corrected chi connectivity index (χ1v) is 10.9. The number of ether oxygens (including phenoxy) is 1. The minimum absolute atomic E-state index is 0.0220. The summed E-state index contributed by atoms with van der Waals surface area (Å²) in [5.41, 5.74) is 3.46. The third-order valence-corrected chi connectivity index (χ3v) is 6.75. The Morgan fingerprint density at radius 1 is 1.17 bits per heavy atom. The van der Waals surface area contributed by atoms with Gasteiger partial charge in [-0.1, -0.05) is 24.3 Å². The highest BCUT2D eigenvalue weighted by Gasteiger charge is 2.33. The third kappa shape index (κ3) is 3.68. The Morgan fingerprint density at radius 3 is 2.80 bits per heavy atom. The largest absolute Gasteiger partial charge is 0.367 e. The van der Waals surface area contributed by atoms with Crippen molar-refractivity contribution in [3.8, 4) is 11.3 Å². The van der Waals surface area contributed by atoms with Crippen molar-refractivity contribution in [2.45, 2.75) is 37.8 Å². The van der Waals surface area contributed by atoms with Crippen molar-refractivity contribution in [1.82, 2.24) is 19.8 Å². The number of hydrogen-bond acceptors (Lipinski definition) is 5. The molecule has 0 spiro atoms. The molecule has 30 heavy (non-hydrogen) atoms. The zero-order valence-electron chi connectivity index (χ0n) is 17.1. The molecule has 0 radical (unpaired) electrons. The summed E-state index contributed by atoms with van der Waals surface area (Å²) in [7, 11) is 0. The molecular weight excluding hydrogens is 380 g/mol. The number of likely N-dealkylation sites (tertiary alicyclic amines) is 1. The number of amides is 1. The van der Waals surface area contributed by atoms with E-state index in [2.05, 4.69) is 27.0 Å². The summed E-state index contributed by atoms with van der Waals surface area (Å²) in [4.78, 5) is 31.7. The standard InChI is InChI=1S/C23H28N4O3/c28-22(11-20-18-3-1-2-4-19(18)21-13-25-15-27(20)21)16-6-9-26(10-7-16)23(29)14-30-17-5-8-24-12-17/h1-4,13,15-17,20,24H,5-12,14H2. The molecule has 1 N–H and O–H groups in total. The highest BCUT2D eigenvalue weighted by atomic mass is 16.5. The van der Waals surface area contributed by atoms with Gasteiger partial charge in [0.15, 0.2) is 0 Å². The Morgan fingerprint density at radius 2 is 2.00 bits per heavy atom. The molecule has 4 heterocycles. The normalized spacial score (nSPS) is 23.4. The van der Waals surface area contributed by atoms with Crippen LogP contribution in [0.25, 0.3) is 11.3 Å². The van der Waals surface area contributed by atoms with Gasteiger partial charge in [0.25, 0.3) is 0 Å². The van der Waals surface area contributed by atoms with Crippen LogP contribution in [0, 0.1) is 5.92 Å². The van der Waals surface area contributed by atoms with Gasteiger partial charge < -0.3 is 19.5 Å². The molecule has 2 unspecified atom stereocenters. The number of benzene rings is 1. The summed E-state index contributed by atoms with van der Waals surface area (Å²) < 4.78 is 7.83. The molecule has 158 valence electrons. The zero-order valence-corrected chi connectivity index (χ0v) is 17.1. The number of nitrogens with one attached hydrogen (secondary N) is 1. The first-order valence-electron chi connectivity index (χ1n) is 10.9. The van der Waals surface area contributed by atoms with E-state index < -0.39 is 0 Å². The van der Waals surface area contributed by atoms with Crippen LogP contribution in [-0.2, 0) is 14.3 Å². The third-order valence-electron chi connectivity index (χ3n) is 6.75. The van der Waals surface area contributed by atoms with Gasteiger partial charge in [0.05, 0.1) is 30.4 Å². The predicted molar refractivity (Wildman–Crippen MR) is 112 cm³/mol. The van der Waals surface area contributed by atoms with Gasteiger partial charge in [-0.25, -0.2) is 4.98 Å². The van der Waals surface area contributed by atoms with Crippen molar-refractivity contribution < 1.29 is 14.3 Å². The molecule has 3 aliphatic rings. The summed E-state index contributed by atoms with van der Waals surface area (Å²) in [6, 6.07) is 8.30. The molecule has 0 saturated carbocycles. The number of aromatic nitrogens is 2. The predicted octanol–water partition coefficient (Wildman–Crippen LogP) is 2.03. The number of rotatable bonds is 6. The maximum absolute atomic E-state index is 13.1. The number of nitrogens with zero attached hydrogens (tertiary/aromatic N) is 3. The van der Waals surface area contributed by atoms with E-state index in [9.17, 15) is 9.59 Å². The van der Waals surface area contributed by atoms with Gasteiger partial charge in [-0.05, 0) is 31.4 Å². The fraction of sp³-hybridized carbons (Fsp3) is 0.522. The number of carbonyl (C=O) groups excluding carboxylic acids is 2. The van der Waals surface area contributed by atoms with Crippen LogP contribution in [0.5, 0.6) is 0 Å². The molecule has 2 fully saturated rings. The van der Waals surface area contributed by atoms with Crippen LogP contribution in [0.2, 0.25) is 0 Å². The summed E-state index contributed by atoms with van der Waals surface area (Å²) in [6.45, 7) is 3.20. The van der Waals surface area contributed by atoms with Crippen molar-refractivity contribution >= 4 is 11.7 Å². The molecule has 1 aromatic carbocycles. The second kappa shape index (κ2) is 8.32. The van der Waals surface area contributed by atoms with E-state index >= 15 is 0 Å². The smallest absolute Gasteiger partial charge is 0.248 e. The molecule has 7 heteroatoms. The average Bonchev–Trinajstić information content (AvgIpc) is 3.52. The van der Waals surface area contributed by atoms with Crippen LogP contribution in [0.3, 0.4) is 0 Å². The number of carbonyl (C=O) groups is 2. The number of hydrogen-bond donors (Lipinski definition) is 1. The van der Waals surface area contributed by atoms with Gasteiger partial charge in [0, 0.05) is 37.5 Å². The van der Waals surface area contributed by atoms with Crippen LogP contribution in [0.4, 0.5) is 0 Å². The Balaban J connectivity index is 1.15. The Bertz CT molecular complexity index is 926. The van der Waals surface area contributed by atoms with Gasteiger partial charge in [-0.2, -0.15) is 0 Å². The van der Waals surface area contributed by atoms with Crippen LogP contribution in [-0.4, -0.2) is 65.0 Å². The molecule has 3 aliphatic heterocycles. The van der Waals surface area contributed by atoms with E-state index in [1.807, 2.05) is 29.6 Å². The van der Waals surface area contributed by atoms with Crippen molar-refractivity contribution in [2.75, 3.05) is 32.8 Å². The molecule has 2 saturated heterocycles. The number of imidazole rings is 1. The topological polar surface area (TPSA) is 76.5 Å². The summed E-state index contributed by atoms with van der Waals surface area (Å²) >= 11 is 0. The van der Waals surface area contributed by atoms with Crippen LogP contribution in [0.15, 0.2) is 36.8 Å². The van der Waals surface area contributed by atoms with E-state index in [4.69, 9.17) is 4.74 Å². The fourth-order valence-corrected chi connectivity index (χ4v) is 5.00. The minimum Gasteiger partial charge on any atom is -0.367 e. The Hall–Kier alpha value is -2.51. The lowest BCUT2D eigenvalue weighted by Crippen LogP contribution is -2.42. The van der Waals surface area contributed by atoms with Crippen LogP contribution < -0.4 is 5.32 Å². The zero-order chi connectivity index (χ0) is 20.5. The molecule has 1 aromatic heterocycles. The fourth-order valence-electron chi connectivity index (χ4n) is 5.00. The summed E-state index contributed by atoms with van der Waals surface area (Å²) in [6.07, 6.45) is 6.77. The molecule has 0 bridgehead atoms. The first-order chi connectivity index (χ1) is 14.7. The number of piperidine rings is 1. The second-order valence-corrected chi connectivity index (χ2v) is 8.54. The highest BCUT2D eigenvalue weighted by Crippen LogP contribution is 2.41. The van der Waals surface area contributed by atoms with Gasteiger partial charge in [0.2, 0.25) is 5.91 Å². The minimum atomic E-state index is 0.0220. The summed E-state index contributed by atoms with van der Waals surface area (Å²) in [5, 5.41) is 3.24. The van der Waals surface area contributed by atoms with Crippen molar-refractivity contribution in [3.05, 3.63) is 42.4 Å². The van der Waals surface area contributed by atoms with Crippen molar-refractivity contribution in [2.24, 2.45) is 5.92 Å². The SMILES string of the molecule is O=C(CC1c2ccccc2-c2cncn21)C1CCN(C(=O)COC2CCNC2)CC1. The Labute approximate surface area is 176 Å². The maximum atomic E-state index is 13.1. The number of fused-ring (bicyclic) bond motifs is 3. The van der Waals surface area contributed by atoms with Gasteiger partial charge in [-0.3, -0.25) is 9.59 Å². The van der Waals surface area contributed by atoms with Gasteiger partial charge in [-0.15, -0.1) is 0 Å². The quantitative estimate of drug-likeness (QED) is 0.792. The molecule has 2 atom stereocenters. The molecule has 5 rings (SSSR count). The molecule has 7 nitrogen and oxygen atoms in total. The number of Topliss-reactive ketones (excluding diaryl/α,β-unsaturated/α-hetero) is 1. The van der Waals surface area contributed by atoms with E-state index in [0.717, 1.165) is 38.0 Å². The lowest BCUT2D eigenvalue weighted by molar-refractivity contribution is -0.140. The second-order valence-electron chi connectivity index (χ2n) is 8.54. The molecular formula is C23H28N4O3. The van der Waals surface area contributed by atoms with Crippen LogP contribution >= 0.6 is 0 Å². The van der Waals surface area contributed by atoms with Gasteiger partial charge in [0.1, 0.15) is 12.4 Å². The van der Waals surface area contributed by atoms with E-state index in [-0.39, 0.29) is 36.4 Å². The van der Waals surface area contributed by atoms with E-state index in [0.29, 0.717) is 19.5 Å². The van der Waals surface area contributed by atoms with Crippen LogP contribution in [0.1, 0.15) is 37.3 Å². The van der Waals surface area contributed by atoms with E-state index in [1.54, 1.807) is 0 Å². The molecule has 0 aliphatic carbocycles. The summed E-state index contributed by atoms with van der Waals surface area (Å²) in [5.74, 6) is 0.353. The Kier molecular flexibility index (Phi) is 5.39. The van der Waals surface area contributed by atoms with E-state index in [1.165, 1.54) is 11.1 Å². The van der Waals surface area contributed by atoms with Crippen molar-refractivity contribution in [1.29, 1.82) is 0 Å². The lowest BCUT2D eigenvalue weighted by atomic mass is 9.87. The monoisotopic (exact) mass is 408 g/mol.